The fourth-order valence-corrected chi connectivity index (χ4v) is 1.82. The van der Waals surface area contributed by atoms with E-state index in [4.69, 9.17) is 10.5 Å². The van der Waals surface area contributed by atoms with E-state index in [0.717, 1.165) is 0 Å². The van der Waals surface area contributed by atoms with Gasteiger partial charge in [-0.05, 0) is 13.3 Å². The molecule has 7 heteroatoms. The first-order chi connectivity index (χ1) is 7.34. The molecule has 0 bridgehead atoms. The first-order valence-electron chi connectivity index (χ1n) is 4.41. The van der Waals surface area contributed by atoms with Crippen LogP contribution < -0.4 is 20.6 Å². The normalized spacial score (nSPS) is 10.9. The lowest BCUT2D eigenvalue weighted by Gasteiger charge is -2.10. The van der Waals surface area contributed by atoms with Gasteiger partial charge in [0, 0.05) is 6.07 Å². The minimum atomic E-state index is -2.48. The van der Waals surface area contributed by atoms with Crippen molar-refractivity contribution in [2.75, 3.05) is 20.4 Å². The van der Waals surface area contributed by atoms with Gasteiger partial charge in [-0.3, -0.25) is 0 Å². The summed E-state index contributed by atoms with van der Waals surface area (Å²) >= 11 is 0. The average molecular weight is 244 g/mol. The molecule has 88 valence electrons. The summed E-state index contributed by atoms with van der Waals surface area (Å²) in [5.74, 6) is 0.375. The monoisotopic (exact) mass is 244 g/mol. The third-order valence-corrected chi connectivity index (χ3v) is 3.15. The van der Waals surface area contributed by atoms with Crippen LogP contribution in [-0.2, 0) is 4.57 Å². The Morgan fingerprint density at radius 1 is 1.44 bits per heavy atom. The summed E-state index contributed by atoms with van der Waals surface area (Å²) in [4.78, 5) is 14.5. The molecule has 1 aromatic rings. The van der Waals surface area contributed by atoms with Crippen LogP contribution in [0, 0.1) is 0 Å². The summed E-state index contributed by atoms with van der Waals surface area (Å²) in [5, 5.41) is 0. The lowest BCUT2D eigenvalue weighted by atomic mass is 10.4. The minimum absolute atomic E-state index is 0.104. The van der Waals surface area contributed by atoms with Gasteiger partial charge in [-0.15, -0.1) is 0 Å². The van der Waals surface area contributed by atoms with Crippen LogP contribution in [0.1, 0.15) is 0 Å². The summed E-state index contributed by atoms with van der Waals surface area (Å²) in [6.45, 7) is 3.17. The Hall–Kier alpha value is -1.55. The van der Waals surface area contributed by atoms with E-state index in [-0.39, 0.29) is 11.5 Å². The van der Waals surface area contributed by atoms with Gasteiger partial charge in [0.05, 0.1) is 13.3 Å². The zero-order chi connectivity index (χ0) is 12.3. The largest absolute Gasteiger partial charge is 0.493 e. The zero-order valence-corrected chi connectivity index (χ0v) is 10.2. The van der Waals surface area contributed by atoms with Gasteiger partial charge in [-0.1, -0.05) is 0 Å². The van der Waals surface area contributed by atoms with E-state index in [1.807, 2.05) is 0 Å². The number of pyridine rings is 1. The number of hydrogen-bond donors (Lipinski definition) is 1. The quantitative estimate of drug-likeness (QED) is 0.794. The molecule has 0 atom stereocenters. The Balaban J connectivity index is 3.17. The van der Waals surface area contributed by atoms with E-state index in [1.54, 1.807) is 13.3 Å². The summed E-state index contributed by atoms with van der Waals surface area (Å²) < 4.78 is 21.4. The molecule has 1 rings (SSSR count). The molecule has 6 nitrogen and oxygen atoms in total. The number of nitrogens with two attached hydrogens (primary N) is 1. The maximum Gasteiger partial charge on any atom is 0.410 e. The number of rotatable bonds is 3. The van der Waals surface area contributed by atoms with Crippen LogP contribution in [0.5, 0.6) is 11.5 Å². The van der Waals surface area contributed by atoms with Crippen LogP contribution in [0.25, 0.3) is 0 Å². The predicted molar refractivity (Wildman–Crippen MR) is 60.1 cm³/mol. The molecule has 1 heterocycles. The maximum absolute atomic E-state index is 11.8. The van der Waals surface area contributed by atoms with E-state index in [2.05, 4.69) is 9.72 Å². The first kappa shape index (κ1) is 12.5. The molecule has 0 aromatic carbocycles. The van der Waals surface area contributed by atoms with Gasteiger partial charge >= 0.3 is 6.09 Å². The number of carbonyl (C=O) groups is 1. The molecule has 0 aliphatic carbocycles. The van der Waals surface area contributed by atoms with Crippen molar-refractivity contribution < 1.29 is 18.8 Å². The molecular formula is C9H13N2O4P. The second kappa shape index (κ2) is 4.53. The summed E-state index contributed by atoms with van der Waals surface area (Å²) in [6, 6.07) is 1.47. The van der Waals surface area contributed by atoms with Crippen LogP contribution in [-0.4, -0.2) is 31.5 Å². The van der Waals surface area contributed by atoms with Crippen molar-refractivity contribution in [1.82, 2.24) is 4.98 Å². The minimum Gasteiger partial charge on any atom is -0.493 e. The molecule has 0 saturated heterocycles. The third kappa shape index (κ3) is 2.97. The summed E-state index contributed by atoms with van der Waals surface area (Å²) in [7, 11) is -1.07. The van der Waals surface area contributed by atoms with Crippen LogP contribution in [0.15, 0.2) is 12.3 Å². The Morgan fingerprint density at radius 3 is 2.50 bits per heavy atom. The molecular weight excluding hydrogens is 231 g/mol. The van der Waals surface area contributed by atoms with Gasteiger partial charge in [0.15, 0.2) is 11.5 Å². The predicted octanol–water partition coefficient (Wildman–Crippen LogP) is 0.796. The highest BCUT2D eigenvalue weighted by molar-refractivity contribution is 7.69. The standard InChI is InChI=1S/C9H13N2O4P/c1-14-6-4-8(16(2,3)13)11-5-7(6)15-9(10)12/h4-5H,1-3H3,(H2,10,12). The number of nitrogens with zero attached hydrogens (tertiary/aromatic N) is 1. The van der Waals surface area contributed by atoms with Gasteiger partial charge in [0.2, 0.25) is 0 Å². The average Bonchev–Trinajstić information content (AvgIpc) is 2.15. The Labute approximate surface area is 93.1 Å². The number of methoxy groups -OCH3 is 1. The molecule has 2 N–H and O–H groups in total. The number of amides is 1. The van der Waals surface area contributed by atoms with Crippen LogP contribution in [0.3, 0.4) is 0 Å². The van der Waals surface area contributed by atoms with Crippen molar-refractivity contribution in [2.24, 2.45) is 5.73 Å². The molecule has 0 fully saturated rings. The van der Waals surface area contributed by atoms with E-state index in [0.29, 0.717) is 5.44 Å². The fourth-order valence-electron chi connectivity index (χ4n) is 1.05. The second-order valence-corrected chi connectivity index (χ2v) is 6.63. The van der Waals surface area contributed by atoms with Gasteiger partial charge in [0.1, 0.15) is 12.6 Å². The SMILES string of the molecule is COc1cc(P(C)(C)=O)ncc1OC(N)=O. The molecule has 0 aliphatic heterocycles. The number of carbonyl (C=O) groups excluding carboxylic acids is 1. The molecule has 0 unspecified atom stereocenters. The molecule has 1 aromatic heterocycles. The fraction of sp³-hybridized carbons (Fsp3) is 0.333. The lowest BCUT2D eigenvalue weighted by Crippen LogP contribution is -2.18. The van der Waals surface area contributed by atoms with Crippen molar-refractivity contribution in [1.29, 1.82) is 0 Å². The number of hydrogen-bond acceptors (Lipinski definition) is 5. The zero-order valence-electron chi connectivity index (χ0n) is 9.26. The van der Waals surface area contributed by atoms with Crippen LogP contribution >= 0.6 is 7.14 Å². The van der Waals surface area contributed by atoms with E-state index in [9.17, 15) is 9.36 Å². The van der Waals surface area contributed by atoms with E-state index >= 15 is 0 Å². The van der Waals surface area contributed by atoms with Gasteiger partial charge in [-0.25, -0.2) is 9.78 Å². The molecule has 0 spiro atoms. The molecule has 1 amide bonds. The van der Waals surface area contributed by atoms with Crippen molar-refractivity contribution >= 4 is 18.7 Å². The number of aromatic nitrogens is 1. The van der Waals surface area contributed by atoms with Crippen LogP contribution in [0.2, 0.25) is 0 Å². The molecule has 0 saturated carbocycles. The van der Waals surface area contributed by atoms with Crippen molar-refractivity contribution in [3.8, 4) is 11.5 Å². The van der Waals surface area contributed by atoms with Gasteiger partial charge in [0.25, 0.3) is 0 Å². The Kier molecular flexibility index (Phi) is 3.55. The molecule has 16 heavy (non-hydrogen) atoms. The Morgan fingerprint density at radius 2 is 2.06 bits per heavy atom. The van der Waals surface area contributed by atoms with Crippen molar-refractivity contribution in [3.05, 3.63) is 12.3 Å². The maximum atomic E-state index is 11.8. The second-order valence-electron chi connectivity index (χ2n) is 3.47. The lowest BCUT2D eigenvalue weighted by molar-refractivity contribution is 0.208. The highest BCUT2D eigenvalue weighted by Gasteiger charge is 2.17. The summed E-state index contributed by atoms with van der Waals surface area (Å²) in [5.41, 5.74) is 5.28. The number of primary amides is 1. The van der Waals surface area contributed by atoms with Gasteiger partial charge in [-0.2, -0.15) is 0 Å². The third-order valence-electron chi connectivity index (χ3n) is 1.80. The molecule has 0 radical (unpaired) electrons. The van der Waals surface area contributed by atoms with Crippen molar-refractivity contribution in [2.45, 2.75) is 0 Å². The van der Waals surface area contributed by atoms with E-state index in [1.165, 1.54) is 19.4 Å². The van der Waals surface area contributed by atoms with Crippen LogP contribution in [0.4, 0.5) is 4.79 Å². The van der Waals surface area contributed by atoms with Crippen molar-refractivity contribution in [3.63, 3.8) is 0 Å². The van der Waals surface area contributed by atoms with Gasteiger partial charge < -0.3 is 19.8 Å². The molecule has 0 aliphatic rings. The first-order valence-corrected chi connectivity index (χ1v) is 7.01. The smallest absolute Gasteiger partial charge is 0.410 e. The van der Waals surface area contributed by atoms with E-state index < -0.39 is 13.2 Å². The highest BCUT2D eigenvalue weighted by Crippen LogP contribution is 2.36. The summed E-state index contributed by atoms with van der Waals surface area (Å²) in [6.07, 6.45) is 0.308. The number of ether oxygens (including phenoxy) is 2. The topological polar surface area (TPSA) is 91.5 Å². The highest BCUT2D eigenvalue weighted by atomic mass is 31.2. The Bertz CT molecular complexity index is 455.